The number of amides is 1. The molecule has 156 valence electrons. The van der Waals surface area contributed by atoms with Gasteiger partial charge in [-0.3, -0.25) is 9.78 Å². The van der Waals surface area contributed by atoms with Crippen LogP contribution in [0.15, 0.2) is 60.8 Å². The summed E-state index contributed by atoms with van der Waals surface area (Å²) >= 11 is 5.98. The monoisotopic (exact) mass is 431 g/mol. The van der Waals surface area contributed by atoms with Crippen LogP contribution in [-0.4, -0.2) is 33.9 Å². The molecular formula is C24H22ClN5O. The van der Waals surface area contributed by atoms with Gasteiger partial charge in [0.2, 0.25) is 11.9 Å². The number of carbonyl (C=O) groups excluding carboxylic acids is 1. The summed E-state index contributed by atoms with van der Waals surface area (Å²) in [4.78, 5) is 26.4. The molecule has 0 unspecified atom stereocenters. The first-order chi connectivity index (χ1) is 15.1. The molecule has 0 atom stereocenters. The van der Waals surface area contributed by atoms with Crippen molar-refractivity contribution in [1.29, 1.82) is 0 Å². The molecule has 5 rings (SSSR count). The predicted octanol–water partition coefficient (Wildman–Crippen LogP) is 4.65. The Hall–Kier alpha value is -3.38. The number of carbonyl (C=O) groups is 1. The van der Waals surface area contributed by atoms with Gasteiger partial charge < -0.3 is 15.6 Å². The molecule has 3 N–H and O–H groups in total. The minimum absolute atomic E-state index is 0.0332. The smallest absolute Gasteiger partial charge is 0.220 e. The highest BCUT2D eigenvalue weighted by atomic mass is 35.5. The minimum Gasteiger partial charge on any atom is -0.369 e. The quantitative estimate of drug-likeness (QED) is 0.492. The first kappa shape index (κ1) is 19.6. The van der Waals surface area contributed by atoms with Crippen molar-refractivity contribution < 1.29 is 4.79 Å². The van der Waals surface area contributed by atoms with Gasteiger partial charge in [0.25, 0.3) is 0 Å². The van der Waals surface area contributed by atoms with E-state index in [1.165, 1.54) is 0 Å². The van der Waals surface area contributed by atoms with Crippen molar-refractivity contribution in [2.45, 2.75) is 12.8 Å². The maximum atomic E-state index is 11.4. The highest BCUT2D eigenvalue weighted by Gasteiger charge is 2.24. The van der Waals surface area contributed by atoms with E-state index in [1.807, 2.05) is 48.7 Å². The topological polar surface area (TPSA) is 87.9 Å². The number of primary amides is 1. The normalized spacial score (nSPS) is 14.8. The van der Waals surface area contributed by atoms with E-state index in [0.717, 1.165) is 70.3 Å². The number of imidazole rings is 1. The second kappa shape index (κ2) is 8.04. The highest BCUT2D eigenvalue weighted by molar-refractivity contribution is 6.30. The molecular weight excluding hydrogens is 410 g/mol. The van der Waals surface area contributed by atoms with Gasteiger partial charge in [0, 0.05) is 41.4 Å². The zero-order valence-corrected chi connectivity index (χ0v) is 17.6. The number of hydrogen-bond acceptors (Lipinski definition) is 4. The molecule has 1 saturated heterocycles. The van der Waals surface area contributed by atoms with Gasteiger partial charge in [0.05, 0.1) is 16.7 Å². The molecule has 0 spiro atoms. The third-order valence-electron chi connectivity index (χ3n) is 5.90. The zero-order chi connectivity index (χ0) is 21.4. The summed E-state index contributed by atoms with van der Waals surface area (Å²) in [5.41, 5.74) is 11.4. The summed E-state index contributed by atoms with van der Waals surface area (Å²) in [6.07, 6.45) is 3.41. The van der Waals surface area contributed by atoms with Gasteiger partial charge in [-0.1, -0.05) is 35.9 Å². The third-order valence-corrected chi connectivity index (χ3v) is 6.16. The third kappa shape index (κ3) is 3.99. The van der Waals surface area contributed by atoms with Crippen molar-refractivity contribution in [3.8, 4) is 22.4 Å². The average Bonchev–Trinajstić information content (AvgIpc) is 3.23. The van der Waals surface area contributed by atoms with Crippen molar-refractivity contribution in [2.75, 3.05) is 18.0 Å². The lowest BCUT2D eigenvalue weighted by Crippen LogP contribution is -2.39. The number of piperidine rings is 1. The molecule has 0 aliphatic carbocycles. The molecule has 1 aliphatic heterocycles. The van der Waals surface area contributed by atoms with Gasteiger partial charge >= 0.3 is 0 Å². The Morgan fingerprint density at radius 1 is 1.00 bits per heavy atom. The van der Waals surface area contributed by atoms with E-state index in [0.29, 0.717) is 0 Å². The molecule has 3 heterocycles. The first-order valence-corrected chi connectivity index (χ1v) is 10.7. The highest BCUT2D eigenvalue weighted by Crippen LogP contribution is 2.28. The second-order valence-corrected chi connectivity index (χ2v) is 8.33. The van der Waals surface area contributed by atoms with Crippen molar-refractivity contribution in [3.05, 3.63) is 65.8 Å². The van der Waals surface area contributed by atoms with Gasteiger partial charge in [-0.25, -0.2) is 4.98 Å². The molecule has 2 aromatic carbocycles. The van der Waals surface area contributed by atoms with Crippen LogP contribution in [0.5, 0.6) is 0 Å². The second-order valence-electron chi connectivity index (χ2n) is 7.90. The Labute approximate surface area is 185 Å². The Morgan fingerprint density at radius 3 is 2.39 bits per heavy atom. The van der Waals surface area contributed by atoms with Crippen LogP contribution >= 0.6 is 11.6 Å². The molecule has 6 nitrogen and oxygen atoms in total. The molecule has 0 saturated carbocycles. The first-order valence-electron chi connectivity index (χ1n) is 10.3. The molecule has 2 aromatic heterocycles. The average molecular weight is 432 g/mol. The number of halogens is 1. The number of pyridine rings is 1. The number of hydrogen-bond donors (Lipinski definition) is 2. The summed E-state index contributed by atoms with van der Waals surface area (Å²) < 4.78 is 0. The number of aromatic nitrogens is 3. The fourth-order valence-electron chi connectivity index (χ4n) is 4.06. The number of aromatic amines is 1. The molecule has 1 fully saturated rings. The van der Waals surface area contributed by atoms with Gasteiger partial charge in [-0.05, 0) is 48.7 Å². The van der Waals surface area contributed by atoms with Crippen molar-refractivity contribution in [1.82, 2.24) is 15.0 Å². The fourth-order valence-corrected chi connectivity index (χ4v) is 4.18. The van der Waals surface area contributed by atoms with Gasteiger partial charge in [-0.15, -0.1) is 0 Å². The van der Waals surface area contributed by atoms with E-state index in [2.05, 4.69) is 27.0 Å². The Bertz CT molecular complexity index is 1230. The van der Waals surface area contributed by atoms with E-state index < -0.39 is 0 Å². The zero-order valence-electron chi connectivity index (χ0n) is 16.9. The van der Waals surface area contributed by atoms with Crippen LogP contribution in [-0.2, 0) is 4.79 Å². The maximum Gasteiger partial charge on any atom is 0.220 e. The number of nitrogens with two attached hydrogens (primary N) is 1. The van der Waals surface area contributed by atoms with E-state index in [1.54, 1.807) is 0 Å². The molecule has 31 heavy (non-hydrogen) atoms. The summed E-state index contributed by atoms with van der Waals surface area (Å²) in [7, 11) is 0. The van der Waals surface area contributed by atoms with E-state index in [4.69, 9.17) is 22.3 Å². The molecule has 1 aliphatic rings. The van der Waals surface area contributed by atoms with Gasteiger partial charge in [0.15, 0.2) is 0 Å². The van der Waals surface area contributed by atoms with Crippen LogP contribution in [0.4, 0.5) is 5.95 Å². The summed E-state index contributed by atoms with van der Waals surface area (Å²) in [5.74, 6) is 0.596. The Balaban J connectivity index is 1.36. The van der Waals surface area contributed by atoms with Crippen molar-refractivity contribution in [3.63, 3.8) is 0 Å². The Kier molecular flexibility index (Phi) is 5.08. The van der Waals surface area contributed by atoms with E-state index in [-0.39, 0.29) is 11.8 Å². The fraction of sp³-hybridized carbons (Fsp3) is 0.208. The molecule has 7 heteroatoms. The summed E-state index contributed by atoms with van der Waals surface area (Å²) in [6, 6.07) is 18.0. The van der Waals surface area contributed by atoms with E-state index >= 15 is 0 Å². The largest absolute Gasteiger partial charge is 0.369 e. The predicted molar refractivity (Wildman–Crippen MR) is 124 cm³/mol. The SMILES string of the molecule is NC(=O)C1CCN(c2nc3ccc(-c4ccc(-c5ccc(Cl)cc5)cn4)cc3[nH]2)CC1. The standard InChI is InChI=1S/C24H22ClN5O/c25-19-5-1-15(2-6-19)18-4-7-20(27-14-18)17-3-8-21-22(13-17)29-24(28-21)30-11-9-16(10-12-30)23(26)31/h1-8,13-14,16H,9-12H2,(H2,26,31)(H,28,29). The number of fused-ring (bicyclic) bond motifs is 1. The van der Waals surface area contributed by atoms with E-state index in [9.17, 15) is 4.79 Å². The molecule has 0 radical (unpaired) electrons. The lowest BCUT2D eigenvalue weighted by Gasteiger charge is -2.30. The van der Waals surface area contributed by atoms with Crippen LogP contribution in [0, 0.1) is 5.92 Å². The number of rotatable bonds is 4. The van der Waals surface area contributed by atoms with Crippen molar-refractivity contribution >= 4 is 34.5 Å². The molecule has 0 bridgehead atoms. The lowest BCUT2D eigenvalue weighted by molar-refractivity contribution is -0.122. The van der Waals surface area contributed by atoms with Crippen molar-refractivity contribution in [2.24, 2.45) is 11.7 Å². The van der Waals surface area contributed by atoms with Crippen LogP contribution in [0.3, 0.4) is 0 Å². The van der Waals surface area contributed by atoms with Gasteiger partial charge in [-0.2, -0.15) is 0 Å². The molecule has 4 aromatic rings. The minimum atomic E-state index is -0.205. The van der Waals surface area contributed by atoms with Crippen LogP contribution in [0.1, 0.15) is 12.8 Å². The van der Waals surface area contributed by atoms with Crippen LogP contribution in [0.25, 0.3) is 33.4 Å². The Morgan fingerprint density at radius 2 is 1.71 bits per heavy atom. The molecule has 1 amide bonds. The number of nitrogens with zero attached hydrogens (tertiary/aromatic N) is 3. The lowest BCUT2D eigenvalue weighted by atomic mass is 9.97. The number of H-pyrrole nitrogens is 1. The number of anilines is 1. The number of nitrogens with one attached hydrogen (secondary N) is 1. The maximum absolute atomic E-state index is 11.4. The summed E-state index contributed by atoms with van der Waals surface area (Å²) in [5, 5.41) is 0.720. The summed E-state index contributed by atoms with van der Waals surface area (Å²) in [6.45, 7) is 1.54. The number of benzene rings is 2. The van der Waals surface area contributed by atoms with Crippen LogP contribution < -0.4 is 10.6 Å². The van der Waals surface area contributed by atoms with Gasteiger partial charge in [0.1, 0.15) is 0 Å². The van der Waals surface area contributed by atoms with Crippen LogP contribution in [0.2, 0.25) is 5.02 Å².